The molecular weight excluding hydrogens is 518 g/mol. The number of hydrogen-bond acceptors (Lipinski definition) is 8. The van der Waals surface area contributed by atoms with Crippen molar-refractivity contribution in [3.63, 3.8) is 0 Å². The van der Waals surface area contributed by atoms with Gasteiger partial charge in [-0.05, 0) is 42.0 Å². The van der Waals surface area contributed by atoms with Crippen LogP contribution in [0.25, 0.3) is 10.9 Å². The first kappa shape index (κ1) is 28.0. The second-order valence-electron chi connectivity index (χ2n) is 8.78. The highest BCUT2D eigenvalue weighted by Gasteiger charge is 2.20. The van der Waals surface area contributed by atoms with Gasteiger partial charge in [0.25, 0.3) is 11.5 Å². The maximum atomic E-state index is 13.9. The number of carbonyl (C=O) groups excluding carboxylic acids is 2. The van der Waals surface area contributed by atoms with Gasteiger partial charge in [-0.15, -0.1) is 0 Å². The van der Waals surface area contributed by atoms with E-state index in [1.54, 1.807) is 48.5 Å². The molecule has 0 aliphatic carbocycles. The SMILES string of the molecule is CNC(=O)c1ccc(Cn2c(=O)c3cc(OC)c(OC)cc3n(Cc3cc(C(=O)OC)ccc3OC)c2=O)cc1. The van der Waals surface area contributed by atoms with Gasteiger partial charge < -0.3 is 24.3 Å². The number of carbonyl (C=O) groups is 2. The quantitative estimate of drug-likeness (QED) is 0.317. The fourth-order valence-electron chi connectivity index (χ4n) is 4.44. The summed E-state index contributed by atoms with van der Waals surface area (Å²) in [7, 11) is 7.20. The Morgan fingerprint density at radius 2 is 1.38 bits per heavy atom. The molecule has 0 aliphatic heterocycles. The van der Waals surface area contributed by atoms with Crippen LogP contribution in [0.3, 0.4) is 0 Å². The van der Waals surface area contributed by atoms with Crippen LogP contribution < -0.4 is 30.8 Å². The molecule has 0 unspecified atom stereocenters. The molecular formula is C29H29N3O8. The molecule has 11 heteroatoms. The third-order valence-electron chi connectivity index (χ3n) is 6.54. The average Bonchev–Trinajstić information content (AvgIpc) is 2.99. The largest absolute Gasteiger partial charge is 0.496 e. The highest BCUT2D eigenvalue weighted by atomic mass is 16.5. The van der Waals surface area contributed by atoms with E-state index in [-0.39, 0.29) is 29.9 Å². The molecule has 4 rings (SSSR count). The second kappa shape index (κ2) is 11.8. The molecule has 0 bridgehead atoms. The molecule has 0 radical (unpaired) electrons. The van der Waals surface area contributed by atoms with Crippen LogP contribution in [0.4, 0.5) is 0 Å². The topological polar surface area (TPSA) is 127 Å². The lowest BCUT2D eigenvalue weighted by molar-refractivity contribution is 0.0600. The van der Waals surface area contributed by atoms with Gasteiger partial charge in [-0.3, -0.25) is 18.7 Å². The maximum Gasteiger partial charge on any atom is 0.337 e. The van der Waals surface area contributed by atoms with Gasteiger partial charge in [0.05, 0.1) is 58.0 Å². The number of fused-ring (bicyclic) bond motifs is 1. The highest BCUT2D eigenvalue weighted by Crippen LogP contribution is 2.31. The van der Waals surface area contributed by atoms with Crippen LogP contribution in [-0.2, 0) is 17.8 Å². The Labute approximate surface area is 229 Å². The molecule has 1 N–H and O–H groups in total. The number of esters is 1. The Morgan fingerprint density at radius 3 is 1.98 bits per heavy atom. The molecule has 1 heterocycles. The predicted molar refractivity (Wildman–Crippen MR) is 148 cm³/mol. The van der Waals surface area contributed by atoms with E-state index >= 15 is 0 Å². The van der Waals surface area contributed by atoms with Gasteiger partial charge in [0.1, 0.15) is 5.75 Å². The minimum Gasteiger partial charge on any atom is -0.496 e. The van der Waals surface area contributed by atoms with Crippen LogP contribution in [0.1, 0.15) is 31.8 Å². The lowest BCUT2D eigenvalue weighted by Gasteiger charge is -2.18. The number of methoxy groups -OCH3 is 4. The summed E-state index contributed by atoms with van der Waals surface area (Å²) in [5, 5.41) is 2.78. The normalized spacial score (nSPS) is 10.7. The lowest BCUT2D eigenvalue weighted by Crippen LogP contribution is -2.40. The third-order valence-corrected chi connectivity index (χ3v) is 6.54. The summed E-state index contributed by atoms with van der Waals surface area (Å²) in [6.07, 6.45) is 0. The maximum absolute atomic E-state index is 13.9. The van der Waals surface area contributed by atoms with E-state index in [2.05, 4.69) is 5.32 Å². The van der Waals surface area contributed by atoms with E-state index in [1.165, 1.54) is 46.1 Å². The summed E-state index contributed by atoms with van der Waals surface area (Å²) in [4.78, 5) is 51.7. The number of nitrogens with one attached hydrogen (secondary N) is 1. The van der Waals surface area contributed by atoms with Crippen LogP contribution in [-0.4, -0.2) is 56.5 Å². The summed E-state index contributed by atoms with van der Waals surface area (Å²) in [6, 6.07) is 14.5. The Morgan fingerprint density at radius 1 is 0.750 bits per heavy atom. The fourth-order valence-corrected chi connectivity index (χ4v) is 4.44. The van der Waals surface area contributed by atoms with E-state index in [9.17, 15) is 19.2 Å². The molecule has 40 heavy (non-hydrogen) atoms. The first-order valence-electron chi connectivity index (χ1n) is 12.2. The van der Waals surface area contributed by atoms with Crippen LogP contribution in [0.15, 0.2) is 64.2 Å². The molecule has 0 fully saturated rings. The molecule has 0 saturated carbocycles. The van der Waals surface area contributed by atoms with Gasteiger partial charge in [0.15, 0.2) is 11.5 Å². The predicted octanol–water partition coefficient (Wildman–Crippen LogP) is 2.43. The zero-order valence-corrected chi connectivity index (χ0v) is 22.8. The van der Waals surface area contributed by atoms with E-state index in [1.807, 2.05) is 0 Å². The molecule has 11 nitrogen and oxygen atoms in total. The van der Waals surface area contributed by atoms with Crippen molar-refractivity contribution in [1.29, 1.82) is 0 Å². The van der Waals surface area contributed by atoms with Crippen molar-refractivity contribution in [2.45, 2.75) is 13.1 Å². The van der Waals surface area contributed by atoms with Gasteiger partial charge in [0, 0.05) is 24.2 Å². The number of benzene rings is 3. The molecule has 208 valence electrons. The molecule has 0 aliphatic rings. The van der Waals surface area contributed by atoms with Crippen molar-refractivity contribution >= 4 is 22.8 Å². The monoisotopic (exact) mass is 547 g/mol. The highest BCUT2D eigenvalue weighted by molar-refractivity contribution is 5.94. The van der Waals surface area contributed by atoms with Crippen molar-refractivity contribution in [3.05, 3.63) is 97.7 Å². The van der Waals surface area contributed by atoms with Crippen molar-refractivity contribution in [1.82, 2.24) is 14.5 Å². The van der Waals surface area contributed by atoms with E-state index in [0.29, 0.717) is 39.5 Å². The molecule has 0 saturated heterocycles. The Kier molecular flexibility index (Phi) is 8.23. The molecule has 1 amide bonds. The number of nitrogens with zero attached hydrogens (tertiary/aromatic N) is 2. The zero-order valence-electron chi connectivity index (χ0n) is 22.8. The van der Waals surface area contributed by atoms with Crippen molar-refractivity contribution in [2.75, 3.05) is 35.5 Å². The van der Waals surface area contributed by atoms with Crippen molar-refractivity contribution in [3.8, 4) is 17.2 Å². The summed E-state index contributed by atoms with van der Waals surface area (Å²) in [6.45, 7) is -0.0793. The minimum absolute atomic E-state index is 0.0330. The first-order chi connectivity index (χ1) is 19.3. The molecule has 1 aromatic heterocycles. The second-order valence-corrected chi connectivity index (χ2v) is 8.78. The van der Waals surface area contributed by atoms with Gasteiger partial charge in [-0.2, -0.15) is 0 Å². The smallest absolute Gasteiger partial charge is 0.337 e. The number of hydrogen-bond donors (Lipinski definition) is 1. The average molecular weight is 548 g/mol. The summed E-state index contributed by atoms with van der Waals surface area (Å²) in [5.41, 5.74) is 1.08. The summed E-state index contributed by atoms with van der Waals surface area (Å²) >= 11 is 0. The molecule has 3 aromatic carbocycles. The van der Waals surface area contributed by atoms with Crippen LogP contribution in [0.5, 0.6) is 17.2 Å². The van der Waals surface area contributed by atoms with Gasteiger partial charge in [0.2, 0.25) is 0 Å². The third kappa shape index (κ3) is 5.26. The number of amides is 1. The van der Waals surface area contributed by atoms with Crippen LogP contribution in [0, 0.1) is 0 Å². The zero-order chi connectivity index (χ0) is 29.0. The summed E-state index contributed by atoms with van der Waals surface area (Å²) < 4.78 is 23.7. The number of ether oxygens (including phenoxy) is 4. The van der Waals surface area contributed by atoms with Crippen LogP contribution >= 0.6 is 0 Å². The van der Waals surface area contributed by atoms with E-state index in [0.717, 1.165) is 4.57 Å². The standard InChI is InChI=1S/C29H29N3O8/c1-30-26(33)18-8-6-17(7-9-18)15-32-27(34)21-13-24(38-3)25(39-4)14-22(21)31(29(32)36)16-20-12-19(28(35)40-5)10-11-23(20)37-2/h6-14H,15-16H2,1-5H3,(H,30,33). The Balaban J connectivity index is 1.94. The first-order valence-corrected chi connectivity index (χ1v) is 12.2. The van der Waals surface area contributed by atoms with Gasteiger partial charge in [-0.25, -0.2) is 9.59 Å². The van der Waals surface area contributed by atoms with Crippen LogP contribution in [0.2, 0.25) is 0 Å². The van der Waals surface area contributed by atoms with E-state index in [4.69, 9.17) is 18.9 Å². The minimum atomic E-state index is -0.592. The van der Waals surface area contributed by atoms with Gasteiger partial charge >= 0.3 is 11.7 Å². The van der Waals surface area contributed by atoms with Gasteiger partial charge in [-0.1, -0.05) is 12.1 Å². The fraction of sp³-hybridized carbons (Fsp3) is 0.241. The lowest BCUT2D eigenvalue weighted by atomic mass is 10.1. The molecule has 0 spiro atoms. The number of rotatable bonds is 9. The Bertz CT molecular complexity index is 1700. The van der Waals surface area contributed by atoms with Crippen molar-refractivity contribution in [2.24, 2.45) is 0 Å². The summed E-state index contributed by atoms with van der Waals surface area (Å²) in [5.74, 6) is 0.304. The number of aromatic nitrogens is 2. The van der Waals surface area contributed by atoms with E-state index < -0.39 is 17.2 Å². The molecule has 4 aromatic rings. The molecule has 0 atom stereocenters. The van der Waals surface area contributed by atoms with Crippen molar-refractivity contribution < 1.29 is 28.5 Å². The Hall–Kier alpha value is -5.06.